The van der Waals surface area contributed by atoms with E-state index >= 15 is 0 Å². The molecule has 0 radical (unpaired) electrons. The molecule has 5 heteroatoms. The van der Waals surface area contributed by atoms with Crippen LogP contribution in [-0.4, -0.2) is 35.3 Å². The van der Waals surface area contributed by atoms with Crippen molar-refractivity contribution in [3.63, 3.8) is 0 Å². The lowest BCUT2D eigenvalue weighted by Gasteiger charge is -2.14. The second-order valence-electron chi connectivity index (χ2n) is 3.37. The average Bonchev–Trinajstić information content (AvgIpc) is 2.49. The zero-order valence-electron chi connectivity index (χ0n) is 8.30. The van der Waals surface area contributed by atoms with Crippen LogP contribution < -0.4 is 0 Å². The molecule has 0 aromatic rings. The van der Waals surface area contributed by atoms with Crippen molar-refractivity contribution < 1.29 is 19.2 Å². The van der Waals surface area contributed by atoms with Crippen molar-refractivity contribution in [2.75, 3.05) is 6.54 Å². The predicted octanol–water partition coefficient (Wildman–Crippen LogP) is -0.294. The van der Waals surface area contributed by atoms with Crippen molar-refractivity contribution in [3.8, 4) is 0 Å². The van der Waals surface area contributed by atoms with Gasteiger partial charge in [0.15, 0.2) is 5.78 Å². The number of ketones is 1. The Kier molecular flexibility index (Phi) is 3.49. The van der Waals surface area contributed by atoms with Crippen LogP contribution in [0.4, 0.5) is 0 Å². The second-order valence-corrected chi connectivity index (χ2v) is 3.37. The molecule has 15 heavy (non-hydrogen) atoms. The highest BCUT2D eigenvalue weighted by Gasteiger charge is 2.27. The van der Waals surface area contributed by atoms with E-state index in [4.69, 9.17) is 0 Å². The van der Waals surface area contributed by atoms with Crippen LogP contribution in [0.25, 0.3) is 0 Å². The summed E-state index contributed by atoms with van der Waals surface area (Å²) in [4.78, 5) is 44.7. The van der Waals surface area contributed by atoms with Crippen LogP contribution in [0, 0.1) is 5.92 Å². The third-order valence-corrected chi connectivity index (χ3v) is 2.21. The van der Waals surface area contributed by atoms with Crippen LogP contribution in [-0.2, 0) is 19.2 Å². The van der Waals surface area contributed by atoms with Crippen molar-refractivity contribution in [3.05, 3.63) is 12.2 Å². The van der Waals surface area contributed by atoms with Crippen LogP contribution in [0.1, 0.15) is 13.3 Å². The van der Waals surface area contributed by atoms with Crippen molar-refractivity contribution >= 4 is 23.9 Å². The number of hydrogen-bond donors (Lipinski definition) is 0. The number of rotatable bonds is 5. The first-order valence-electron chi connectivity index (χ1n) is 4.56. The topological polar surface area (TPSA) is 71.5 Å². The molecule has 80 valence electrons. The van der Waals surface area contributed by atoms with Gasteiger partial charge in [0.2, 0.25) is 0 Å². The normalized spacial score (nSPS) is 17.0. The fourth-order valence-corrected chi connectivity index (χ4v) is 1.17. The largest absolute Gasteiger partial charge is 0.303 e. The van der Waals surface area contributed by atoms with E-state index in [-0.39, 0.29) is 18.7 Å². The monoisotopic (exact) mass is 209 g/mol. The third-order valence-electron chi connectivity index (χ3n) is 2.21. The Labute approximate surface area is 86.7 Å². The van der Waals surface area contributed by atoms with Gasteiger partial charge in [0.1, 0.15) is 6.29 Å². The van der Waals surface area contributed by atoms with Gasteiger partial charge in [0.05, 0.1) is 6.54 Å². The molecule has 0 bridgehead atoms. The number of imide groups is 1. The first-order valence-corrected chi connectivity index (χ1v) is 4.56. The zero-order valence-corrected chi connectivity index (χ0v) is 8.30. The zero-order chi connectivity index (χ0) is 11.4. The maximum atomic E-state index is 11.4. The van der Waals surface area contributed by atoms with Crippen LogP contribution in [0.15, 0.2) is 12.2 Å². The smallest absolute Gasteiger partial charge is 0.254 e. The number of carbonyl (C=O) groups is 4. The van der Waals surface area contributed by atoms with Gasteiger partial charge in [0.25, 0.3) is 11.8 Å². The predicted molar refractivity (Wildman–Crippen MR) is 50.7 cm³/mol. The van der Waals surface area contributed by atoms with Crippen LogP contribution in [0.3, 0.4) is 0 Å². The fraction of sp³-hybridized carbons (Fsp3) is 0.400. The van der Waals surface area contributed by atoms with Crippen molar-refractivity contribution in [1.29, 1.82) is 0 Å². The maximum Gasteiger partial charge on any atom is 0.254 e. The molecule has 0 saturated carbocycles. The maximum absolute atomic E-state index is 11.4. The van der Waals surface area contributed by atoms with Crippen molar-refractivity contribution in [1.82, 2.24) is 4.90 Å². The molecule has 1 atom stereocenters. The lowest BCUT2D eigenvalue weighted by molar-refractivity contribution is -0.141. The summed E-state index contributed by atoms with van der Waals surface area (Å²) < 4.78 is 0. The molecule has 0 fully saturated rings. The molecule has 1 unspecified atom stereocenters. The number of Topliss-reactive ketones (excluding diaryl/α,β-unsaturated/α-hetero) is 1. The van der Waals surface area contributed by atoms with E-state index in [1.54, 1.807) is 6.92 Å². The summed E-state index contributed by atoms with van der Waals surface area (Å²) in [5.41, 5.74) is 0. The molecular weight excluding hydrogens is 198 g/mol. The quantitative estimate of drug-likeness (QED) is 0.460. The highest BCUT2D eigenvalue weighted by molar-refractivity contribution is 6.14. The van der Waals surface area contributed by atoms with Crippen molar-refractivity contribution in [2.24, 2.45) is 5.92 Å². The summed E-state index contributed by atoms with van der Waals surface area (Å²) in [7, 11) is 0. The van der Waals surface area contributed by atoms with Gasteiger partial charge in [-0.15, -0.1) is 0 Å². The summed E-state index contributed by atoms with van der Waals surface area (Å²) in [5.74, 6) is -1.70. The second kappa shape index (κ2) is 4.63. The summed E-state index contributed by atoms with van der Waals surface area (Å²) in [5, 5.41) is 0. The third kappa shape index (κ3) is 2.59. The standard InChI is InChI=1S/C10H11NO4/c1-7(4-5-12)8(13)6-11-9(14)2-3-10(11)15/h2-3,5,7H,4,6H2,1H3. The van der Waals surface area contributed by atoms with Gasteiger partial charge in [-0.3, -0.25) is 19.3 Å². The highest BCUT2D eigenvalue weighted by Crippen LogP contribution is 2.07. The van der Waals surface area contributed by atoms with Crippen LogP contribution >= 0.6 is 0 Å². The number of hydrogen-bond acceptors (Lipinski definition) is 4. The van der Waals surface area contributed by atoms with E-state index in [1.807, 2.05) is 0 Å². The molecule has 0 aromatic carbocycles. The van der Waals surface area contributed by atoms with Gasteiger partial charge < -0.3 is 4.79 Å². The lowest BCUT2D eigenvalue weighted by Crippen LogP contribution is -2.37. The van der Waals surface area contributed by atoms with Gasteiger partial charge >= 0.3 is 0 Å². The van der Waals surface area contributed by atoms with E-state index in [0.717, 1.165) is 17.1 Å². The Balaban J connectivity index is 2.55. The van der Waals surface area contributed by atoms with Crippen LogP contribution in [0.5, 0.6) is 0 Å². The van der Waals surface area contributed by atoms with E-state index in [0.29, 0.717) is 6.29 Å². The minimum absolute atomic E-state index is 0.114. The Morgan fingerprint density at radius 1 is 1.40 bits per heavy atom. The Morgan fingerprint density at radius 3 is 2.40 bits per heavy atom. The summed E-state index contributed by atoms with van der Waals surface area (Å²) in [6.45, 7) is 1.34. The molecule has 5 nitrogen and oxygen atoms in total. The van der Waals surface area contributed by atoms with Gasteiger partial charge in [-0.2, -0.15) is 0 Å². The first kappa shape index (κ1) is 11.3. The Hall–Kier alpha value is -1.78. The highest BCUT2D eigenvalue weighted by atomic mass is 16.2. The van der Waals surface area contributed by atoms with Gasteiger partial charge in [-0.05, 0) is 0 Å². The van der Waals surface area contributed by atoms with E-state index < -0.39 is 17.7 Å². The van der Waals surface area contributed by atoms with Gasteiger partial charge in [-0.1, -0.05) is 6.92 Å². The van der Waals surface area contributed by atoms with Crippen LogP contribution in [0.2, 0.25) is 0 Å². The molecule has 0 saturated heterocycles. The van der Waals surface area contributed by atoms with Gasteiger partial charge in [0, 0.05) is 24.5 Å². The molecule has 1 rings (SSSR count). The molecule has 1 heterocycles. The minimum atomic E-state index is -0.480. The van der Waals surface area contributed by atoms with E-state index in [9.17, 15) is 19.2 Å². The van der Waals surface area contributed by atoms with Gasteiger partial charge in [-0.25, -0.2) is 0 Å². The van der Waals surface area contributed by atoms with E-state index in [2.05, 4.69) is 0 Å². The summed E-state index contributed by atoms with van der Waals surface area (Å²) in [6, 6.07) is 0. The van der Waals surface area contributed by atoms with E-state index in [1.165, 1.54) is 0 Å². The molecule has 2 amide bonds. The number of amides is 2. The Bertz CT molecular complexity index is 327. The molecule has 0 aromatic heterocycles. The summed E-state index contributed by atoms with van der Waals surface area (Å²) in [6.07, 6.45) is 3.01. The number of aldehydes is 1. The summed E-state index contributed by atoms with van der Waals surface area (Å²) >= 11 is 0. The molecule has 1 aliphatic heterocycles. The first-order chi connectivity index (χ1) is 7.06. The number of carbonyl (C=O) groups excluding carboxylic acids is 4. The minimum Gasteiger partial charge on any atom is -0.303 e. The molecule has 1 aliphatic rings. The fourth-order valence-electron chi connectivity index (χ4n) is 1.17. The molecular formula is C10H11NO4. The van der Waals surface area contributed by atoms with Crippen molar-refractivity contribution in [2.45, 2.75) is 13.3 Å². The lowest BCUT2D eigenvalue weighted by atomic mass is 10.0. The molecule has 0 spiro atoms. The molecule has 0 N–H and O–H groups in total. The average molecular weight is 209 g/mol. The SMILES string of the molecule is CC(CC=O)C(=O)CN1C(=O)C=CC1=O. The molecule has 0 aliphatic carbocycles. The number of nitrogens with zero attached hydrogens (tertiary/aromatic N) is 1. The Morgan fingerprint density at radius 2 is 1.93 bits per heavy atom.